The second kappa shape index (κ2) is 7.66. The van der Waals surface area contributed by atoms with Crippen molar-refractivity contribution in [2.45, 2.75) is 19.9 Å². The molecule has 3 rings (SSSR count). The molecule has 2 aromatic carbocycles. The number of halogens is 4. The number of phenols is 1. The Balaban J connectivity index is 2.06. The minimum absolute atomic E-state index is 0.00683. The fourth-order valence-electron chi connectivity index (χ4n) is 2.54. The predicted octanol–water partition coefficient (Wildman–Crippen LogP) is 3.11. The van der Waals surface area contributed by atoms with E-state index in [1.807, 2.05) is 0 Å². The van der Waals surface area contributed by atoms with E-state index in [4.69, 9.17) is 16.3 Å². The molecule has 0 amide bonds. The Labute approximate surface area is 166 Å². The van der Waals surface area contributed by atoms with Crippen LogP contribution in [0.4, 0.5) is 13.2 Å². The Morgan fingerprint density at radius 2 is 1.93 bits per heavy atom. The highest BCUT2D eigenvalue weighted by Crippen LogP contribution is 2.34. The zero-order valence-electron chi connectivity index (χ0n) is 15.1. The third-order valence-electron chi connectivity index (χ3n) is 3.90. The van der Waals surface area contributed by atoms with Gasteiger partial charge in [0.2, 0.25) is 0 Å². The molecule has 154 valence electrons. The van der Waals surface area contributed by atoms with Crippen LogP contribution in [-0.4, -0.2) is 31.3 Å². The van der Waals surface area contributed by atoms with Crippen molar-refractivity contribution in [3.05, 3.63) is 57.0 Å². The normalized spacial score (nSPS) is 11.5. The monoisotopic (exact) mass is 430 g/mol. The molecule has 0 aliphatic heterocycles. The van der Waals surface area contributed by atoms with Gasteiger partial charge in [0.05, 0.1) is 16.3 Å². The zero-order valence-corrected chi connectivity index (χ0v) is 15.8. The molecule has 29 heavy (non-hydrogen) atoms. The Morgan fingerprint density at radius 3 is 2.55 bits per heavy atom. The number of nitrogens with zero attached hydrogens (tertiary/aromatic N) is 4. The molecule has 0 aliphatic rings. The van der Waals surface area contributed by atoms with E-state index in [0.29, 0.717) is 5.56 Å². The average molecular weight is 431 g/mol. The number of benzene rings is 2. The van der Waals surface area contributed by atoms with Crippen LogP contribution in [0.2, 0.25) is 5.02 Å². The van der Waals surface area contributed by atoms with Crippen LogP contribution >= 0.6 is 11.6 Å². The van der Waals surface area contributed by atoms with Gasteiger partial charge in [-0.3, -0.25) is 0 Å². The van der Waals surface area contributed by atoms with Gasteiger partial charge in [-0.2, -0.15) is 9.36 Å². The van der Waals surface area contributed by atoms with Crippen molar-refractivity contribution in [2.24, 2.45) is 7.05 Å². The van der Waals surface area contributed by atoms with Crippen molar-refractivity contribution < 1.29 is 27.8 Å². The number of tetrazole rings is 1. The Morgan fingerprint density at radius 1 is 1.21 bits per heavy atom. The molecule has 12 heteroatoms. The minimum Gasteiger partial charge on any atom is -0.506 e. The van der Waals surface area contributed by atoms with Crippen LogP contribution in [0.1, 0.15) is 11.1 Å². The van der Waals surface area contributed by atoms with Gasteiger partial charge >= 0.3 is 12.1 Å². The maximum absolute atomic E-state index is 12.9. The largest absolute Gasteiger partial charge is 0.573 e. The van der Waals surface area contributed by atoms with Crippen molar-refractivity contribution in [1.29, 1.82) is 0 Å². The number of hydrogen-bond donors (Lipinski definition) is 1. The van der Waals surface area contributed by atoms with Crippen LogP contribution in [0, 0.1) is 6.92 Å². The van der Waals surface area contributed by atoms with E-state index in [1.54, 1.807) is 6.92 Å². The van der Waals surface area contributed by atoms with E-state index in [1.165, 1.54) is 31.3 Å². The van der Waals surface area contributed by atoms with Crippen LogP contribution in [-0.2, 0) is 13.7 Å². The summed E-state index contributed by atoms with van der Waals surface area (Å²) in [6, 6.07) is 6.43. The number of phenolic OH excluding ortho intramolecular Hbond substituents is 1. The highest BCUT2D eigenvalue weighted by molar-refractivity contribution is 6.32. The van der Waals surface area contributed by atoms with E-state index in [2.05, 4.69) is 15.2 Å². The van der Waals surface area contributed by atoms with E-state index in [0.717, 1.165) is 15.4 Å². The second-order valence-electron chi connectivity index (χ2n) is 5.96. The lowest BCUT2D eigenvalue weighted by Gasteiger charge is -2.17. The fourth-order valence-corrected chi connectivity index (χ4v) is 2.69. The Bertz CT molecular complexity index is 1110. The first-order valence-corrected chi connectivity index (χ1v) is 8.43. The number of aromatic nitrogens is 4. The van der Waals surface area contributed by atoms with Crippen molar-refractivity contribution in [3.63, 3.8) is 0 Å². The molecular formula is C17H14ClF3N4O4. The summed E-state index contributed by atoms with van der Waals surface area (Å²) in [4.78, 5) is 12.2. The first-order chi connectivity index (χ1) is 13.6. The summed E-state index contributed by atoms with van der Waals surface area (Å²) in [6.45, 7) is 1.21. The van der Waals surface area contributed by atoms with Crippen molar-refractivity contribution in [2.75, 3.05) is 0 Å². The number of ether oxygens (including phenoxy) is 2. The molecular weight excluding hydrogens is 417 g/mol. The second-order valence-corrected chi connectivity index (χ2v) is 6.36. The number of hydrogen-bond acceptors (Lipinski definition) is 6. The van der Waals surface area contributed by atoms with Gasteiger partial charge in [-0.05, 0) is 41.1 Å². The molecule has 0 atom stereocenters. The number of aromatic hydroxyl groups is 1. The topological polar surface area (TPSA) is 91.4 Å². The Hall–Kier alpha value is -3.21. The highest BCUT2D eigenvalue weighted by atomic mass is 35.5. The van der Waals surface area contributed by atoms with Gasteiger partial charge in [-0.25, -0.2) is 4.79 Å². The van der Waals surface area contributed by atoms with Crippen molar-refractivity contribution in [1.82, 2.24) is 19.8 Å². The third-order valence-corrected chi connectivity index (χ3v) is 4.20. The molecule has 8 nitrogen and oxygen atoms in total. The predicted molar refractivity (Wildman–Crippen MR) is 95.5 cm³/mol. The van der Waals surface area contributed by atoms with Gasteiger partial charge in [-0.15, -0.1) is 13.2 Å². The summed E-state index contributed by atoms with van der Waals surface area (Å²) in [5, 5.41) is 16.8. The SMILES string of the molecule is Cc1cc(O)c(Cl)cc1OCc1c(OC(F)(F)F)cccc1-n1nnn(C)c1=O. The van der Waals surface area contributed by atoms with E-state index >= 15 is 0 Å². The molecule has 1 aromatic heterocycles. The van der Waals surface area contributed by atoms with E-state index in [9.17, 15) is 23.1 Å². The Kier molecular flexibility index (Phi) is 5.42. The van der Waals surface area contributed by atoms with Crippen molar-refractivity contribution in [3.8, 4) is 22.9 Å². The van der Waals surface area contributed by atoms with Crippen LogP contribution in [0.5, 0.6) is 17.2 Å². The molecule has 0 spiro atoms. The molecule has 0 bridgehead atoms. The maximum atomic E-state index is 12.9. The van der Waals surface area contributed by atoms with Crippen LogP contribution in [0.15, 0.2) is 35.1 Å². The zero-order chi connectivity index (χ0) is 21.3. The average Bonchev–Trinajstić information content (AvgIpc) is 2.95. The summed E-state index contributed by atoms with van der Waals surface area (Å²) in [5.74, 6) is -0.494. The van der Waals surface area contributed by atoms with Gasteiger partial charge in [0, 0.05) is 13.1 Å². The number of aryl methyl sites for hydroxylation is 2. The van der Waals surface area contributed by atoms with E-state index < -0.39 is 24.4 Å². The molecule has 0 aliphatic carbocycles. The molecule has 0 saturated heterocycles. The lowest BCUT2D eigenvalue weighted by Crippen LogP contribution is -2.24. The van der Waals surface area contributed by atoms with Gasteiger partial charge in [0.25, 0.3) is 0 Å². The molecule has 0 fully saturated rings. The minimum atomic E-state index is -4.96. The molecule has 1 heterocycles. The summed E-state index contributed by atoms with van der Waals surface area (Å²) in [6.07, 6.45) is -4.96. The van der Waals surface area contributed by atoms with Crippen LogP contribution in [0.3, 0.4) is 0 Å². The third kappa shape index (κ3) is 4.45. The summed E-state index contributed by atoms with van der Waals surface area (Å²) in [7, 11) is 1.35. The van der Waals surface area contributed by atoms with E-state index in [-0.39, 0.29) is 27.8 Å². The molecule has 1 N–H and O–H groups in total. The van der Waals surface area contributed by atoms with Gasteiger partial charge < -0.3 is 14.6 Å². The van der Waals surface area contributed by atoms with Gasteiger partial charge in [0.15, 0.2) is 0 Å². The van der Waals surface area contributed by atoms with Gasteiger partial charge in [0.1, 0.15) is 23.9 Å². The summed E-state index contributed by atoms with van der Waals surface area (Å²) >= 11 is 5.87. The van der Waals surface area contributed by atoms with Crippen molar-refractivity contribution >= 4 is 11.6 Å². The molecule has 0 unspecified atom stereocenters. The standard InChI is InChI=1S/C17H14ClF3N4O4/c1-9-6-13(26)11(18)7-15(9)28-8-10-12(25-16(27)24(2)22-23-25)4-3-5-14(10)29-17(19,20)21/h3-7,26H,8H2,1-2H3. The first-order valence-electron chi connectivity index (χ1n) is 8.06. The maximum Gasteiger partial charge on any atom is 0.573 e. The number of alkyl halides is 3. The molecule has 0 radical (unpaired) electrons. The first kappa shape index (κ1) is 20.5. The number of rotatable bonds is 5. The lowest BCUT2D eigenvalue weighted by molar-refractivity contribution is -0.275. The van der Waals surface area contributed by atoms with Gasteiger partial charge in [-0.1, -0.05) is 17.7 Å². The highest BCUT2D eigenvalue weighted by Gasteiger charge is 2.33. The lowest BCUT2D eigenvalue weighted by atomic mass is 10.1. The quantitative estimate of drug-likeness (QED) is 0.668. The summed E-state index contributed by atoms with van der Waals surface area (Å²) in [5.41, 5.74) is -0.248. The van der Waals surface area contributed by atoms with Crippen LogP contribution in [0.25, 0.3) is 5.69 Å². The molecule has 3 aromatic rings. The smallest absolute Gasteiger partial charge is 0.506 e. The van der Waals surface area contributed by atoms with Crippen LogP contribution < -0.4 is 15.2 Å². The summed E-state index contributed by atoms with van der Waals surface area (Å²) < 4.78 is 50.0. The molecule has 0 saturated carbocycles. The fraction of sp³-hybridized carbons (Fsp3) is 0.235.